The molecule has 15 heavy (non-hydrogen) atoms. The van der Waals surface area contributed by atoms with Gasteiger partial charge in [-0.15, -0.1) is 0 Å². The fourth-order valence-corrected chi connectivity index (χ4v) is 2.95. The predicted octanol–water partition coefficient (Wildman–Crippen LogP) is 0.0828. The molecule has 5 nitrogen and oxygen atoms in total. The molecule has 6 heteroatoms. The molecule has 1 N–H and O–H groups in total. The molecule has 1 aliphatic carbocycles. The van der Waals surface area contributed by atoms with Crippen molar-refractivity contribution in [2.45, 2.75) is 31.1 Å². The van der Waals surface area contributed by atoms with Crippen LogP contribution in [0.5, 0.6) is 0 Å². The second-order valence-electron chi connectivity index (χ2n) is 4.12. The predicted molar refractivity (Wildman–Crippen MR) is 53.8 cm³/mol. The maximum Gasteiger partial charge on any atom is 0.305 e. The first-order valence-corrected chi connectivity index (χ1v) is 6.71. The van der Waals surface area contributed by atoms with E-state index in [1.807, 2.05) is 0 Å². The molecule has 0 aromatic carbocycles. The molecule has 0 radical (unpaired) electrons. The summed E-state index contributed by atoms with van der Waals surface area (Å²) < 4.78 is 26.8. The number of aliphatic hydroxyl groups excluding tert-OH is 1. The number of carbonyl (C=O) groups excluding carboxylic acids is 1. The number of esters is 1. The van der Waals surface area contributed by atoms with E-state index in [-0.39, 0.29) is 12.4 Å². The van der Waals surface area contributed by atoms with Crippen molar-refractivity contribution < 1.29 is 23.1 Å². The van der Waals surface area contributed by atoms with Crippen LogP contribution in [0.1, 0.15) is 25.7 Å². The highest BCUT2D eigenvalue weighted by atomic mass is 32.2. The average molecular weight is 236 g/mol. The van der Waals surface area contributed by atoms with Crippen LogP contribution in [-0.2, 0) is 19.4 Å². The third-order valence-electron chi connectivity index (χ3n) is 2.88. The summed E-state index contributed by atoms with van der Waals surface area (Å²) in [5.41, 5.74) is -1.96. The van der Waals surface area contributed by atoms with Crippen molar-refractivity contribution >= 4 is 15.8 Å². The monoisotopic (exact) mass is 236 g/mol. The second-order valence-corrected chi connectivity index (χ2v) is 6.23. The van der Waals surface area contributed by atoms with Crippen molar-refractivity contribution in [3.8, 4) is 0 Å². The first-order chi connectivity index (χ1) is 6.82. The second kappa shape index (κ2) is 4.09. The van der Waals surface area contributed by atoms with E-state index in [9.17, 15) is 18.3 Å². The van der Waals surface area contributed by atoms with Crippen LogP contribution in [-0.4, -0.2) is 38.3 Å². The molecule has 0 aromatic rings. The Balaban J connectivity index is 2.57. The van der Waals surface area contributed by atoms with E-state index in [4.69, 9.17) is 0 Å². The third kappa shape index (κ3) is 2.92. The minimum absolute atomic E-state index is 0.156. The lowest BCUT2D eigenvalue weighted by Gasteiger charge is -2.19. The lowest BCUT2D eigenvalue weighted by atomic mass is 10.0. The first-order valence-electron chi connectivity index (χ1n) is 4.75. The SMILES string of the molecule is COC(=O)CCC1(C(O)S(C)(=O)=O)CC1. The molecular formula is C9H16O5S. The molecule has 0 heterocycles. The Labute approximate surface area is 89.3 Å². The van der Waals surface area contributed by atoms with Crippen LogP contribution in [0.4, 0.5) is 0 Å². The minimum atomic E-state index is -3.45. The zero-order chi connectivity index (χ0) is 11.7. The van der Waals surface area contributed by atoms with Gasteiger partial charge in [-0.2, -0.15) is 0 Å². The number of hydrogen-bond donors (Lipinski definition) is 1. The Morgan fingerprint density at radius 3 is 2.40 bits per heavy atom. The van der Waals surface area contributed by atoms with Gasteiger partial charge in [0.2, 0.25) is 0 Å². The Morgan fingerprint density at radius 1 is 1.53 bits per heavy atom. The molecule has 0 bridgehead atoms. The van der Waals surface area contributed by atoms with E-state index in [0.717, 1.165) is 6.26 Å². The summed E-state index contributed by atoms with van der Waals surface area (Å²) >= 11 is 0. The molecule has 1 rings (SSSR count). The summed E-state index contributed by atoms with van der Waals surface area (Å²) in [4.78, 5) is 10.9. The Kier molecular flexibility index (Phi) is 3.40. The van der Waals surface area contributed by atoms with Gasteiger partial charge in [0.15, 0.2) is 15.3 Å². The number of hydrogen-bond acceptors (Lipinski definition) is 5. The first kappa shape index (κ1) is 12.4. The molecule has 88 valence electrons. The third-order valence-corrected chi connectivity index (χ3v) is 4.19. The lowest BCUT2D eigenvalue weighted by molar-refractivity contribution is -0.141. The molecule has 0 aromatic heterocycles. The molecule has 0 saturated heterocycles. The molecule has 1 fully saturated rings. The molecular weight excluding hydrogens is 220 g/mol. The number of ether oxygens (including phenoxy) is 1. The summed E-state index contributed by atoms with van der Waals surface area (Å²) in [6.45, 7) is 0. The lowest BCUT2D eigenvalue weighted by Crippen LogP contribution is -2.30. The van der Waals surface area contributed by atoms with Crippen LogP contribution in [0.25, 0.3) is 0 Å². The van der Waals surface area contributed by atoms with Gasteiger partial charge in [0.05, 0.1) is 7.11 Å². The maximum atomic E-state index is 11.2. The molecule has 1 saturated carbocycles. The normalized spacial score (nSPS) is 20.7. The molecule has 0 aliphatic heterocycles. The Bertz CT molecular complexity index is 342. The summed E-state index contributed by atoms with van der Waals surface area (Å²) in [6.07, 6.45) is 2.84. The topological polar surface area (TPSA) is 80.7 Å². The van der Waals surface area contributed by atoms with Gasteiger partial charge < -0.3 is 9.84 Å². The number of methoxy groups -OCH3 is 1. The van der Waals surface area contributed by atoms with Crippen molar-refractivity contribution in [1.82, 2.24) is 0 Å². The Hall–Kier alpha value is -0.620. The van der Waals surface area contributed by atoms with E-state index in [2.05, 4.69) is 4.74 Å². The maximum absolute atomic E-state index is 11.2. The largest absolute Gasteiger partial charge is 0.469 e. The van der Waals surface area contributed by atoms with Crippen molar-refractivity contribution in [3.63, 3.8) is 0 Å². The fourth-order valence-electron chi connectivity index (χ4n) is 1.69. The van der Waals surface area contributed by atoms with E-state index < -0.39 is 20.7 Å². The van der Waals surface area contributed by atoms with Crippen molar-refractivity contribution in [2.24, 2.45) is 5.41 Å². The van der Waals surface area contributed by atoms with Crippen LogP contribution < -0.4 is 0 Å². The molecule has 0 spiro atoms. The van der Waals surface area contributed by atoms with Crippen LogP contribution >= 0.6 is 0 Å². The van der Waals surface area contributed by atoms with Gasteiger partial charge in [-0.3, -0.25) is 4.79 Å². The van der Waals surface area contributed by atoms with Crippen molar-refractivity contribution in [3.05, 3.63) is 0 Å². The van der Waals surface area contributed by atoms with Gasteiger partial charge >= 0.3 is 5.97 Å². The van der Waals surface area contributed by atoms with E-state index in [1.165, 1.54) is 7.11 Å². The molecule has 0 amide bonds. The highest BCUT2D eigenvalue weighted by Gasteiger charge is 2.52. The van der Waals surface area contributed by atoms with E-state index >= 15 is 0 Å². The van der Waals surface area contributed by atoms with Gasteiger partial charge in [-0.25, -0.2) is 8.42 Å². The van der Waals surface area contributed by atoms with Gasteiger partial charge in [-0.1, -0.05) is 0 Å². The van der Waals surface area contributed by atoms with Crippen molar-refractivity contribution in [1.29, 1.82) is 0 Å². The van der Waals surface area contributed by atoms with Gasteiger partial charge in [0.25, 0.3) is 0 Å². The number of carbonyl (C=O) groups is 1. The summed E-state index contributed by atoms with van der Waals surface area (Å²) in [5.74, 6) is -0.373. The van der Waals surface area contributed by atoms with Crippen LogP contribution in [0, 0.1) is 5.41 Å². The summed E-state index contributed by atoms with van der Waals surface area (Å²) in [6, 6.07) is 0. The summed E-state index contributed by atoms with van der Waals surface area (Å²) in [5, 5.41) is 9.62. The van der Waals surface area contributed by atoms with Crippen molar-refractivity contribution in [2.75, 3.05) is 13.4 Å². The molecule has 1 unspecified atom stereocenters. The number of sulfone groups is 1. The smallest absolute Gasteiger partial charge is 0.305 e. The minimum Gasteiger partial charge on any atom is -0.469 e. The number of aliphatic hydroxyl groups is 1. The quantitative estimate of drug-likeness (QED) is 0.684. The highest BCUT2D eigenvalue weighted by molar-refractivity contribution is 7.91. The Morgan fingerprint density at radius 2 is 2.07 bits per heavy atom. The van der Waals surface area contributed by atoms with Gasteiger partial charge in [-0.05, 0) is 19.3 Å². The highest BCUT2D eigenvalue weighted by Crippen LogP contribution is 2.53. The van der Waals surface area contributed by atoms with Gasteiger partial charge in [0, 0.05) is 18.1 Å². The summed E-state index contributed by atoms with van der Waals surface area (Å²) in [7, 11) is -2.16. The standard InChI is InChI=1S/C9H16O5S/c1-14-7(10)3-4-9(5-6-9)8(11)15(2,12)13/h8,11H,3-6H2,1-2H3. The van der Waals surface area contributed by atoms with Crippen LogP contribution in [0.15, 0.2) is 0 Å². The molecule has 1 aliphatic rings. The average Bonchev–Trinajstić information content (AvgIpc) is 2.92. The fraction of sp³-hybridized carbons (Fsp3) is 0.889. The van der Waals surface area contributed by atoms with E-state index in [0.29, 0.717) is 19.3 Å². The molecule has 1 atom stereocenters. The van der Waals surface area contributed by atoms with Crippen LogP contribution in [0.2, 0.25) is 0 Å². The zero-order valence-corrected chi connectivity index (χ0v) is 9.71. The van der Waals surface area contributed by atoms with Crippen LogP contribution in [0.3, 0.4) is 0 Å². The number of rotatable bonds is 5. The van der Waals surface area contributed by atoms with Gasteiger partial charge in [0.1, 0.15) is 0 Å². The zero-order valence-electron chi connectivity index (χ0n) is 8.89. The van der Waals surface area contributed by atoms with E-state index in [1.54, 1.807) is 0 Å².